The zero-order valence-corrected chi connectivity index (χ0v) is 47.0. The van der Waals surface area contributed by atoms with E-state index in [-0.39, 0.29) is 25.8 Å². The van der Waals surface area contributed by atoms with Crippen LogP contribution in [0, 0.1) is 11.8 Å². The number of nitrogens with zero attached hydrogens (tertiary/aromatic N) is 1. The van der Waals surface area contributed by atoms with Crippen molar-refractivity contribution in [2.24, 2.45) is 23.3 Å². The Bertz CT molecular complexity index is 2630. The van der Waals surface area contributed by atoms with Gasteiger partial charge in [-0.2, -0.15) is 0 Å². The van der Waals surface area contributed by atoms with Gasteiger partial charge in [0, 0.05) is 19.4 Å². The summed E-state index contributed by atoms with van der Waals surface area (Å²) in [6.45, 7) is 6.80. The van der Waals surface area contributed by atoms with E-state index < -0.39 is 188 Å². The number of hydrogen-bond donors (Lipinski definition) is 15. The summed E-state index contributed by atoms with van der Waals surface area (Å²) >= 11 is 0. The van der Waals surface area contributed by atoms with Crippen LogP contribution < -0.4 is 59.3 Å². The number of nitrogens with two attached hydrogens (primary N) is 2. The van der Waals surface area contributed by atoms with Gasteiger partial charge in [-0.15, -0.1) is 0 Å². The highest BCUT2D eigenvalue weighted by molar-refractivity contribution is 5.99. The van der Waals surface area contributed by atoms with Crippen molar-refractivity contribution in [2.75, 3.05) is 19.7 Å². The number of carboxylic acids is 2. The molecule has 0 spiro atoms. The summed E-state index contributed by atoms with van der Waals surface area (Å²) in [5, 5.41) is 61.1. The molecule has 2 aromatic carbocycles. The summed E-state index contributed by atoms with van der Waals surface area (Å²) in [5.41, 5.74) is 12.8. The third kappa shape index (κ3) is 22.4. The van der Waals surface area contributed by atoms with E-state index in [1.807, 2.05) is 6.07 Å². The van der Waals surface area contributed by atoms with Crippen molar-refractivity contribution in [2.45, 2.75) is 153 Å². The maximum absolute atomic E-state index is 14.0. The summed E-state index contributed by atoms with van der Waals surface area (Å²) in [6, 6.07) is 2.65. The Morgan fingerprint density at radius 3 is 1.65 bits per heavy atom. The molecule has 11 atom stereocenters. The van der Waals surface area contributed by atoms with Crippen molar-refractivity contribution in [1.29, 1.82) is 0 Å². The molecule has 29 heteroatoms. The maximum atomic E-state index is 14.0. The first-order valence-corrected chi connectivity index (χ1v) is 26.9. The van der Waals surface area contributed by atoms with E-state index in [0.29, 0.717) is 12.0 Å². The number of aliphatic hydroxyl groups is 2. The van der Waals surface area contributed by atoms with Crippen molar-refractivity contribution >= 4 is 76.9 Å². The molecule has 2 aromatic rings. The number of carboxylic acid groups (broad SMARTS) is 2. The zero-order chi connectivity index (χ0) is 62.2. The Hall–Kier alpha value is -8.57. The summed E-state index contributed by atoms with van der Waals surface area (Å²) < 4.78 is 0. The van der Waals surface area contributed by atoms with E-state index >= 15 is 0 Å². The van der Waals surface area contributed by atoms with Crippen LogP contribution in [0.2, 0.25) is 0 Å². The number of rotatable bonds is 33. The number of carbonyl (C=O) groups excluding carboxylic acids is 11. The lowest BCUT2D eigenvalue weighted by Gasteiger charge is -2.32. The summed E-state index contributed by atoms with van der Waals surface area (Å²) in [6.07, 6.45) is -3.04. The van der Waals surface area contributed by atoms with Gasteiger partial charge in [0.15, 0.2) is 0 Å². The smallest absolute Gasteiger partial charge is 0.326 e. The molecule has 1 heterocycles. The lowest BCUT2D eigenvalue weighted by molar-refractivity contribution is -0.144. The number of carbonyl (C=O) groups is 13. The Morgan fingerprint density at radius 1 is 0.590 bits per heavy atom. The Morgan fingerprint density at radius 2 is 1.12 bits per heavy atom. The third-order valence-corrected chi connectivity index (χ3v) is 13.2. The number of aliphatic carboxylic acids is 2. The minimum absolute atomic E-state index is 0.0892. The van der Waals surface area contributed by atoms with Crippen molar-refractivity contribution < 1.29 is 82.8 Å². The van der Waals surface area contributed by atoms with Crippen molar-refractivity contribution in [3.63, 3.8) is 0 Å². The topological polar surface area (TPSA) is 466 Å². The second-order valence-electron chi connectivity index (χ2n) is 20.7. The van der Waals surface area contributed by atoms with Gasteiger partial charge in [-0.1, -0.05) is 88.4 Å². The normalized spacial score (nSPS) is 16.6. The Kier molecular flexibility index (Phi) is 27.6. The van der Waals surface area contributed by atoms with Crippen LogP contribution in [-0.2, 0) is 75.2 Å². The summed E-state index contributed by atoms with van der Waals surface area (Å²) in [5.74, 6) is -14.8. The van der Waals surface area contributed by atoms with Gasteiger partial charge in [0.25, 0.3) is 0 Å². The third-order valence-electron chi connectivity index (χ3n) is 13.2. The lowest BCUT2D eigenvalue weighted by atomic mass is 10.00. The highest BCUT2D eigenvalue weighted by Crippen LogP contribution is 2.21. The van der Waals surface area contributed by atoms with Gasteiger partial charge in [0.1, 0.15) is 54.4 Å². The lowest BCUT2D eigenvalue weighted by Crippen LogP contribution is -2.62. The number of benzene rings is 2. The van der Waals surface area contributed by atoms with Crippen LogP contribution in [0.1, 0.15) is 84.8 Å². The molecule has 0 radical (unpaired) electrons. The molecule has 1 saturated heterocycles. The molecule has 29 nitrogen and oxygen atoms in total. The Labute approximate surface area is 478 Å². The minimum Gasteiger partial charge on any atom is -0.481 e. The first-order chi connectivity index (χ1) is 39.0. The van der Waals surface area contributed by atoms with Crippen molar-refractivity contribution in [1.82, 2.24) is 52.8 Å². The highest BCUT2D eigenvalue weighted by Gasteiger charge is 2.42. The van der Waals surface area contributed by atoms with Crippen LogP contribution >= 0.6 is 0 Å². The van der Waals surface area contributed by atoms with Crippen molar-refractivity contribution in [3.05, 3.63) is 71.8 Å². The van der Waals surface area contributed by atoms with Crippen molar-refractivity contribution in [3.8, 4) is 0 Å². The standard InChI is InChI=1S/C54H78N12O17/c1-27(2)42(51(79)57-25-40(70)59-37(26-67)49(77)60-34(19-20-39(56)69)47(75)58-29(5)45(73)62-36(54(82)83)23-32-16-11-8-12-17-32)63-48(76)35(24-41(71)72)61-52(80)44(30(6)68)65-50(78)38-18-13-21-66(38)53(81)43(28(3)4)64-46(74)33(55)22-31-14-9-7-10-15-31/h7-12,14-17,27-30,33-38,42-44,67-68H,13,18-26,55H2,1-6H3,(H2,56,69)(H,57,79)(H,58,75)(H,59,70)(H,60,77)(H,61,80)(H,62,73)(H,63,76)(H,64,74)(H,65,78)(H,71,72)(H,82,83)/t29-,30+,33-,34-,35-,36-,37-,38-,42-,43-,44-/m0/s1. The van der Waals surface area contributed by atoms with Crippen LogP contribution in [0.5, 0.6) is 0 Å². The van der Waals surface area contributed by atoms with Crippen LogP contribution in [0.3, 0.4) is 0 Å². The molecule has 1 fully saturated rings. The number of amides is 11. The molecule has 0 aromatic heterocycles. The summed E-state index contributed by atoms with van der Waals surface area (Å²) in [4.78, 5) is 171. The highest BCUT2D eigenvalue weighted by atomic mass is 16.4. The number of primary amides is 1. The number of aliphatic hydroxyl groups excluding tert-OH is 2. The van der Waals surface area contributed by atoms with E-state index in [1.54, 1.807) is 68.4 Å². The quantitative estimate of drug-likeness (QED) is 0.0319. The molecule has 17 N–H and O–H groups in total. The molecule has 456 valence electrons. The second-order valence-corrected chi connectivity index (χ2v) is 20.7. The van der Waals surface area contributed by atoms with Crippen LogP contribution in [0.4, 0.5) is 0 Å². The van der Waals surface area contributed by atoms with Crippen LogP contribution in [0.25, 0.3) is 0 Å². The molecule has 3 rings (SSSR count). The fourth-order valence-corrected chi connectivity index (χ4v) is 8.58. The first kappa shape index (κ1) is 68.7. The van der Waals surface area contributed by atoms with Gasteiger partial charge in [0.2, 0.25) is 65.0 Å². The van der Waals surface area contributed by atoms with Crippen LogP contribution in [-0.4, -0.2) is 188 Å². The van der Waals surface area contributed by atoms with Gasteiger partial charge < -0.3 is 84.6 Å². The van der Waals surface area contributed by atoms with Gasteiger partial charge >= 0.3 is 11.9 Å². The molecular formula is C54H78N12O17. The van der Waals surface area contributed by atoms with Gasteiger partial charge in [0.05, 0.1) is 31.7 Å². The largest absolute Gasteiger partial charge is 0.481 e. The van der Waals surface area contributed by atoms with Gasteiger partial charge in [-0.25, -0.2) is 4.79 Å². The molecule has 83 heavy (non-hydrogen) atoms. The molecule has 0 unspecified atom stereocenters. The van der Waals surface area contributed by atoms with Gasteiger partial charge in [-0.05, 0) is 62.5 Å². The molecular weight excluding hydrogens is 1090 g/mol. The molecule has 11 amide bonds. The molecule has 1 aliphatic rings. The number of nitrogens with one attached hydrogen (secondary N) is 9. The van der Waals surface area contributed by atoms with Crippen LogP contribution in [0.15, 0.2) is 60.7 Å². The first-order valence-electron chi connectivity index (χ1n) is 26.9. The summed E-state index contributed by atoms with van der Waals surface area (Å²) in [7, 11) is 0. The average molecular weight is 1170 g/mol. The van der Waals surface area contributed by atoms with E-state index in [4.69, 9.17) is 11.5 Å². The van der Waals surface area contributed by atoms with Gasteiger partial charge in [-0.3, -0.25) is 57.5 Å². The molecule has 1 aliphatic heterocycles. The fourth-order valence-electron chi connectivity index (χ4n) is 8.58. The zero-order valence-electron chi connectivity index (χ0n) is 47.0. The second kappa shape index (κ2) is 33.4. The Balaban J connectivity index is 1.64. The predicted molar refractivity (Wildman–Crippen MR) is 294 cm³/mol. The van der Waals surface area contributed by atoms with E-state index in [1.165, 1.54) is 25.7 Å². The van der Waals surface area contributed by atoms with E-state index in [0.717, 1.165) is 12.5 Å². The average Bonchev–Trinajstić information content (AvgIpc) is 4.13. The SMILES string of the molecule is CC(C)[C@H](NC(=O)[C@H](CC(=O)O)NC(=O)[C@@H](NC(=O)[C@@H]1CCCN1C(=O)[C@@H](NC(=O)[C@@H](N)Cc1ccccc1)C(C)C)[C@@H](C)O)C(=O)NCC(=O)N[C@@H](CO)C(=O)N[C@@H](CCC(N)=O)C(=O)N[C@@H](C)C(=O)N[C@@H](Cc1ccccc1)C(=O)O. The predicted octanol–water partition coefficient (Wildman–Crippen LogP) is -4.69. The molecule has 0 aliphatic carbocycles. The van der Waals surface area contributed by atoms with E-state index in [9.17, 15) is 82.8 Å². The molecule has 0 bridgehead atoms. The number of likely N-dealkylation sites (tertiary alicyclic amines) is 1. The minimum atomic E-state index is -1.93. The monoisotopic (exact) mass is 1170 g/mol. The molecule has 0 saturated carbocycles. The van der Waals surface area contributed by atoms with E-state index in [2.05, 4.69) is 47.9 Å². The fraction of sp³-hybridized carbons (Fsp3) is 0.537. The number of hydrogen-bond acceptors (Lipinski definition) is 16. The maximum Gasteiger partial charge on any atom is 0.326 e.